The number of carbonyl (C=O) groups excluding carboxylic acids is 3. The van der Waals surface area contributed by atoms with Gasteiger partial charge in [-0.25, -0.2) is 0 Å². The summed E-state index contributed by atoms with van der Waals surface area (Å²) in [4.78, 5) is 36.8. The fourth-order valence-corrected chi connectivity index (χ4v) is 3.44. The van der Waals surface area contributed by atoms with Gasteiger partial charge in [0.15, 0.2) is 0 Å². The summed E-state index contributed by atoms with van der Waals surface area (Å²) >= 11 is 0. The fourth-order valence-electron chi connectivity index (χ4n) is 3.44. The molecule has 2 heterocycles. The van der Waals surface area contributed by atoms with Crippen LogP contribution in [0, 0.1) is 6.92 Å². The van der Waals surface area contributed by atoms with Crippen LogP contribution in [0.15, 0.2) is 52.9 Å². The lowest BCUT2D eigenvalue weighted by molar-refractivity contribution is -0.138. The van der Waals surface area contributed by atoms with E-state index in [2.05, 4.69) is 15.5 Å². The zero-order valence-electron chi connectivity index (χ0n) is 17.1. The van der Waals surface area contributed by atoms with E-state index in [1.807, 2.05) is 31.2 Å². The average Bonchev–Trinajstić information content (AvgIpc) is 3.39. The second-order valence-corrected chi connectivity index (χ2v) is 7.35. The molecule has 3 aromatic rings. The van der Waals surface area contributed by atoms with Crippen LogP contribution in [-0.2, 0) is 9.59 Å². The van der Waals surface area contributed by atoms with Crippen LogP contribution in [0.5, 0.6) is 0 Å². The summed E-state index contributed by atoms with van der Waals surface area (Å²) < 4.78 is 5.80. The van der Waals surface area contributed by atoms with Gasteiger partial charge in [-0.1, -0.05) is 18.2 Å². The van der Waals surface area contributed by atoms with Crippen LogP contribution in [-0.4, -0.2) is 45.9 Å². The van der Waals surface area contributed by atoms with E-state index in [0.717, 1.165) is 16.7 Å². The van der Waals surface area contributed by atoms with Crippen molar-refractivity contribution in [3.05, 3.63) is 59.7 Å². The number of aryl methyl sites for hydroxylation is 1. The molecule has 31 heavy (non-hydrogen) atoms. The summed E-state index contributed by atoms with van der Waals surface area (Å²) in [5.41, 5.74) is 3.14. The Kier molecular flexibility index (Phi) is 5.88. The molecule has 1 aromatic heterocycles. The number of rotatable bonds is 7. The molecule has 1 fully saturated rings. The first kappa shape index (κ1) is 20.5. The van der Waals surface area contributed by atoms with Gasteiger partial charge in [-0.05, 0) is 49.2 Å². The van der Waals surface area contributed by atoms with Crippen molar-refractivity contribution in [1.82, 2.24) is 20.4 Å². The minimum atomic E-state index is -0.225. The first-order chi connectivity index (χ1) is 15.0. The van der Waals surface area contributed by atoms with E-state index in [1.54, 1.807) is 24.3 Å². The van der Waals surface area contributed by atoms with Crippen LogP contribution in [0.1, 0.15) is 35.2 Å². The van der Waals surface area contributed by atoms with E-state index in [-0.39, 0.29) is 30.6 Å². The Balaban J connectivity index is 1.33. The number of hydrogen-bond acceptors (Lipinski definition) is 6. The number of nitrogens with one attached hydrogen (secondary N) is 1. The molecule has 8 nitrogen and oxygen atoms in total. The van der Waals surface area contributed by atoms with Crippen molar-refractivity contribution in [2.45, 2.75) is 26.2 Å². The molecule has 0 bridgehead atoms. The maximum Gasteiger partial charge on any atom is 0.251 e. The molecule has 4 rings (SSSR count). The normalized spacial score (nSPS) is 13.6. The molecule has 0 saturated carbocycles. The van der Waals surface area contributed by atoms with Gasteiger partial charge in [-0.3, -0.25) is 19.3 Å². The highest BCUT2D eigenvalue weighted by Crippen LogP contribution is 2.26. The highest BCUT2D eigenvalue weighted by molar-refractivity contribution is 6.01. The Hall–Kier alpha value is -3.81. The van der Waals surface area contributed by atoms with Gasteiger partial charge in [0.2, 0.25) is 23.6 Å². The second-order valence-electron chi connectivity index (χ2n) is 7.35. The van der Waals surface area contributed by atoms with Gasteiger partial charge in [-0.2, -0.15) is 0 Å². The highest BCUT2D eigenvalue weighted by Gasteiger charge is 2.27. The lowest BCUT2D eigenvalue weighted by Crippen LogP contribution is -2.33. The summed E-state index contributed by atoms with van der Waals surface area (Å²) in [7, 11) is 0. The maximum atomic E-state index is 12.3. The predicted octanol–water partition coefficient (Wildman–Crippen LogP) is 2.98. The maximum absolute atomic E-state index is 12.3. The summed E-state index contributed by atoms with van der Waals surface area (Å²) in [6.07, 6.45) is 1.08. The molecule has 158 valence electrons. The lowest BCUT2D eigenvalue weighted by atomic mass is 10.1. The summed E-state index contributed by atoms with van der Waals surface area (Å²) in [6.45, 7) is 2.69. The summed E-state index contributed by atoms with van der Waals surface area (Å²) in [5.74, 6) is 0.323. The third kappa shape index (κ3) is 4.53. The molecule has 0 atom stereocenters. The van der Waals surface area contributed by atoms with Crippen molar-refractivity contribution in [2.24, 2.45) is 0 Å². The second kappa shape index (κ2) is 8.91. The fraction of sp³-hybridized carbons (Fsp3) is 0.261. The molecule has 1 N–H and O–H groups in total. The Morgan fingerprint density at radius 3 is 2.39 bits per heavy atom. The Labute approximate surface area is 179 Å². The van der Waals surface area contributed by atoms with Crippen LogP contribution >= 0.6 is 0 Å². The largest absolute Gasteiger partial charge is 0.416 e. The molecule has 0 spiro atoms. The van der Waals surface area contributed by atoms with Crippen molar-refractivity contribution in [2.75, 3.05) is 13.1 Å². The van der Waals surface area contributed by atoms with Crippen molar-refractivity contribution in [3.63, 3.8) is 0 Å². The van der Waals surface area contributed by atoms with E-state index in [1.165, 1.54) is 4.90 Å². The molecule has 0 aliphatic carbocycles. The number of likely N-dealkylation sites (tertiary alicyclic amines) is 1. The number of hydrogen-bond donors (Lipinski definition) is 1. The number of amides is 3. The molecule has 3 amide bonds. The van der Waals surface area contributed by atoms with Gasteiger partial charge in [0.05, 0.1) is 0 Å². The van der Waals surface area contributed by atoms with Gasteiger partial charge < -0.3 is 9.73 Å². The van der Waals surface area contributed by atoms with Crippen LogP contribution in [0.4, 0.5) is 0 Å². The third-order valence-electron chi connectivity index (χ3n) is 5.19. The highest BCUT2D eigenvalue weighted by atomic mass is 16.4. The number of nitrogens with zero attached hydrogens (tertiary/aromatic N) is 3. The molecule has 0 radical (unpaired) electrons. The minimum Gasteiger partial charge on any atom is -0.416 e. The van der Waals surface area contributed by atoms with E-state index >= 15 is 0 Å². The number of carbonyl (C=O) groups is 3. The molecule has 8 heteroatoms. The van der Waals surface area contributed by atoms with Gasteiger partial charge >= 0.3 is 0 Å². The zero-order valence-corrected chi connectivity index (χ0v) is 17.1. The quantitative estimate of drug-likeness (QED) is 0.467. The van der Waals surface area contributed by atoms with E-state index < -0.39 is 0 Å². The molecule has 0 unspecified atom stereocenters. The Morgan fingerprint density at radius 2 is 1.68 bits per heavy atom. The van der Waals surface area contributed by atoms with E-state index in [9.17, 15) is 14.4 Å². The van der Waals surface area contributed by atoms with Crippen molar-refractivity contribution >= 4 is 17.7 Å². The molecular formula is C23H22N4O4. The first-order valence-electron chi connectivity index (χ1n) is 10.1. The Morgan fingerprint density at radius 1 is 1.00 bits per heavy atom. The summed E-state index contributed by atoms with van der Waals surface area (Å²) in [5, 5.41) is 11.0. The van der Waals surface area contributed by atoms with Gasteiger partial charge in [0, 0.05) is 42.6 Å². The van der Waals surface area contributed by atoms with Crippen LogP contribution < -0.4 is 5.32 Å². The van der Waals surface area contributed by atoms with Crippen molar-refractivity contribution in [1.29, 1.82) is 0 Å². The smallest absolute Gasteiger partial charge is 0.251 e. The van der Waals surface area contributed by atoms with E-state index in [4.69, 9.17) is 4.42 Å². The monoisotopic (exact) mass is 418 g/mol. The van der Waals surface area contributed by atoms with Crippen molar-refractivity contribution < 1.29 is 18.8 Å². The zero-order chi connectivity index (χ0) is 21.8. The van der Waals surface area contributed by atoms with E-state index in [0.29, 0.717) is 36.9 Å². The Bertz CT molecular complexity index is 1100. The van der Waals surface area contributed by atoms with Gasteiger partial charge in [0.25, 0.3) is 5.91 Å². The molecule has 2 aromatic carbocycles. The third-order valence-corrected chi connectivity index (χ3v) is 5.19. The standard InChI is InChI=1S/C23H22N4O4/c1-15-5-2-3-6-18(15)23-26-25-22(31-23)17-9-7-16(8-10-17)21(30)24-13-4-14-27-19(28)11-12-20(27)29/h2-3,5-10H,4,11-14H2,1H3,(H,24,30). The van der Waals surface area contributed by atoms with Gasteiger partial charge in [-0.15, -0.1) is 10.2 Å². The SMILES string of the molecule is Cc1ccccc1-c1nnc(-c2ccc(C(=O)NCCCN3C(=O)CCC3=O)cc2)o1. The number of aromatic nitrogens is 2. The molecule has 1 aliphatic rings. The predicted molar refractivity (Wildman–Crippen MR) is 113 cm³/mol. The topological polar surface area (TPSA) is 105 Å². The molecule has 1 aliphatic heterocycles. The van der Waals surface area contributed by atoms with Crippen LogP contribution in [0.2, 0.25) is 0 Å². The molecule has 1 saturated heterocycles. The van der Waals surface area contributed by atoms with Crippen LogP contribution in [0.3, 0.4) is 0 Å². The summed E-state index contributed by atoms with van der Waals surface area (Å²) in [6, 6.07) is 14.7. The van der Waals surface area contributed by atoms with Gasteiger partial charge in [0.1, 0.15) is 0 Å². The lowest BCUT2D eigenvalue weighted by Gasteiger charge is -2.13. The first-order valence-corrected chi connectivity index (χ1v) is 10.1. The molecular weight excluding hydrogens is 396 g/mol. The van der Waals surface area contributed by atoms with Crippen molar-refractivity contribution in [3.8, 4) is 22.9 Å². The van der Waals surface area contributed by atoms with Crippen LogP contribution in [0.25, 0.3) is 22.9 Å². The minimum absolute atomic E-state index is 0.140. The number of benzene rings is 2. The number of imide groups is 1. The average molecular weight is 418 g/mol.